The van der Waals surface area contributed by atoms with Crippen LogP contribution >= 0.6 is 11.6 Å². The molecule has 2 heterocycles. The second-order valence-electron chi connectivity index (χ2n) is 9.90. The molecule has 5 nitrogen and oxygen atoms in total. The molecule has 41 heavy (non-hydrogen) atoms. The zero-order valence-electron chi connectivity index (χ0n) is 22.1. The fourth-order valence-corrected chi connectivity index (χ4v) is 4.88. The number of alkyl halides is 6. The minimum Gasteiger partial charge on any atom is -0.496 e. The lowest BCUT2D eigenvalue weighted by atomic mass is 9.95. The number of hydrogen-bond acceptors (Lipinski definition) is 4. The summed E-state index contributed by atoms with van der Waals surface area (Å²) in [5.74, 6) is -0.532. The van der Waals surface area contributed by atoms with Crippen molar-refractivity contribution in [1.29, 1.82) is 0 Å². The van der Waals surface area contributed by atoms with E-state index < -0.39 is 53.1 Å². The molecule has 1 aliphatic rings. The van der Waals surface area contributed by atoms with Gasteiger partial charge in [0.2, 0.25) is 0 Å². The van der Waals surface area contributed by atoms with Crippen LogP contribution in [0.4, 0.5) is 35.5 Å². The quantitative estimate of drug-likeness (QED) is 0.264. The molecule has 0 unspecified atom stereocenters. The van der Waals surface area contributed by atoms with Gasteiger partial charge in [0.05, 0.1) is 41.5 Å². The van der Waals surface area contributed by atoms with Crippen molar-refractivity contribution in [3.8, 4) is 17.0 Å². The van der Waals surface area contributed by atoms with Crippen LogP contribution in [0.3, 0.4) is 0 Å². The number of carbonyl (C=O) groups is 1. The number of benzene rings is 2. The third-order valence-electron chi connectivity index (χ3n) is 6.80. The summed E-state index contributed by atoms with van der Waals surface area (Å²) >= 11 is 6.19. The summed E-state index contributed by atoms with van der Waals surface area (Å²) in [6.45, 7) is 4.81. The van der Waals surface area contributed by atoms with Gasteiger partial charge in [0, 0.05) is 17.8 Å². The van der Waals surface area contributed by atoms with Crippen molar-refractivity contribution >= 4 is 17.7 Å². The first-order chi connectivity index (χ1) is 19.0. The number of aromatic nitrogens is 1. The van der Waals surface area contributed by atoms with Crippen LogP contribution in [0.5, 0.6) is 5.75 Å². The minimum atomic E-state index is -5.06. The zero-order valence-corrected chi connectivity index (χ0v) is 22.9. The Morgan fingerprint density at radius 3 is 2.17 bits per heavy atom. The molecule has 1 aromatic heterocycles. The Labute approximate surface area is 235 Å². The summed E-state index contributed by atoms with van der Waals surface area (Å²) in [5.41, 5.74) is -2.07. The lowest BCUT2D eigenvalue weighted by Crippen LogP contribution is -2.31. The first-order valence-electron chi connectivity index (χ1n) is 12.3. The number of pyridine rings is 1. The highest BCUT2D eigenvalue weighted by Gasteiger charge is 2.43. The predicted molar refractivity (Wildman–Crippen MR) is 136 cm³/mol. The van der Waals surface area contributed by atoms with Crippen molar-refractivity contribution in [3.63, 3.8) is 0 Å². The Kier molecular flexibility index (Phi) is 8.19. The minimum absolute atomic E-state index is 0.00806. The molecular weight excluding hydrogens is 581 g/mol. The van der Waals surface area contributed by atoms with E-state index >= 15 is 0 Å². The molecule has 0 aliphatic carbocycles. The van der Waals surface area contributed by atoms with Crippen molar-refractivity contribution in [1.82, 2.24) is 9.88 Å². The van der Waals surface area contributed by atoms with Gasteiger partial charge in [-0.05, 0) is 59.9 Å². The summed E-state index contributed by atoms with van der Waals surface area (Å²) in [7, 11) is 1.34. The fraction of sp³-hybridized carbons (Fsp3) is 0.357. The van der Waals surface area contributed by atoms with Gasteiger partial charge in [-0.25, -0.2) is 9.18 Å². The predicted octanol–water partition coefficient (Wildman–Crippen LogP) is 8.79. The monoisotopic (exact) mass is 604 g/mol. The number of amides is 1. The van der Waals surface area contributed by atoms with Gasteiger partial charge >= 0.3 is 18.4 Å². The summed E-state index contributed by atoms with van der Waals surface area (Å²) in [5, 5.41) is 0.193. The Bertz CT molecular complexity index is 1440. The fourth-order valence-electron chi connectivity index (χ4n) is 4.70. The van der Waals surface area contributed by atoms with Crippen LogP contribution in [0.1, 0.15) is 60.6 Å². The van der Waals surface area contributed by atoms with Gasteiger partial charge in [0.15, 0.2) is 0 Å². The number of cyclic esters (lactones) is 1. The molecule has 1 fully saturated rings. The summed E-state index contributed by atoms with van der Waals surface area (Å²) in [6.07, 6.45) is -11.2. The van der Waals surface area contributed by atoms with Gasteiger partial charge in [0.25, 0.3) is 0 Å². The summed E-state index contributed by atoms with van der Waals surface area (Å²) in [4.78, 5) is 18.4. The number of halogens is 8. The van der Waals surface area contributed by atoms with Gasteiger partial charge < -0.3 is 9.47 Å². The second-order valence-corrected chi connectivity index (χ2v) is 10.3. The average molecular weight is 605 g/mol. The Balaban J connectivity index is 1.75. The molecule has 1 amide bonds. The third-order valence-corrected chi connectivity index (χ3v) is 7.01. The van der Waals surface area contributed by atoms with Gasteiger partial charge in [-0.2, -0.15) is 26.3 Å². The molecule has 0 saturated carbocycles. The van der Waals surface area contributed by atoms with Crippen LogP contribution in [0, 0.1) is 5.82 Å². The number of rotatable bonds is 6. The van der Waals surface area contributed by atoms with E-state index in [1.807, 2.05) is 0 Å². The molecule has 1 saturated heterocycles. The highest BCUT2D eigenvalue weighted by atomic mass is 35.5. The Morgan fingerprint density at radius 1 is 1.02 bits per heavy atom. The van der Waals surface area contributed by atoms with Crippen LogP contribution in [0.15, 0.2) is 42.6 Å². The SMILES string of the molecule is COc1cc(F)c(C(C)C)cc1-c1ncc(Cl)cc1CN1C(=O)O[C@H](c2cc(C(F)(F)F)cc(C(F)(F)F)c2)[C@@H]1C. The maximum Gasteiger partial charge on any atom is 0.416 e. The molecule has 2 atom stereocenters. The lowest BCUT2D eigenvalue weighted by molar-refractivity contribution is -0.143. The van der Waals surface area contributed by atoms with Crippen molar-refractivity contribution in [2.45, 2.75) is 57.7 Å². The van der Waals surface area contributed by atoms with Crippen LogP contribution in [0.25, 0.3) is 11.3 Å². The van der Waals surface area contributed by atoms with E-state index in [2.05, 4.69) is 4.98 Å². The topological polar surface area (TPSA) is 51.7 Å². The first-order valence-corrected chi connectivity index (χ1v) is 12.7. The van der Waals surface area contributed by atoms with Gasteiger partial charge in [-0.3, -0.25) is 9.88 Å². The number of carbonyl (C=O) groups excluding carboxylic acids is 1. The maximum atomic E-state index is 14.7. The van der Waals surface area contributed by atoms with E-state index in [-0.39, 0.29) is 35.0 Å². The van der Waals surface area contributed by atoms with Crippen molar-refractivity contribution in [2.24, 2.45) is 0 Å². The normalized spacial score (nSPS) is 17.8. The third kappa shape index (κ3) is 6.22. The van der Waals surface area contributed by atoms with Crippen LogP contribution in [0.2, 0.25) is 5.02 Å². The molecule has 13 heteroatoms. The molecule has 220 valence electrons. The average Bonchev–Trinajstić information content (AvgIpc) is 3.15. The molecular formula is C28H24ClF7N2O3. The molecule has 1 aliphatic heterocycles. The van der Waals surface area contributed by atoms with E-state index in [0.29, 0.717) is 28.8 Å². The van der Waals surface area contributed by atoms with Gasteiger partial charge in [-0.1, -0.05) is 25.4 Å². The highest BCUT2D eigenvalue weighted by molar-refractivity contribution is 6.30. The van der Waals surface area contributed by atoms with E-state index in [1.165, 1.54) is 32.4 Å². The van der Waals surface area contributed by atoms with Crippen LogP contribution in [-0.2, 0) is 23.6 Å². The number of ether oxygens (including phenoxy) is 2. The lowest BCUT2D eigenvalue weighted by Gasteiger charge is -2.23. The van der Waals surface area contributed by atoms with E-state index in [1.54, 1.807) is 19.9 Å². The van der Waals surface area contributed by atoms with Crippen LogP contribution in [-0.4, -0.2) is 29.1 Å². The maximum absolute atomic E-state index is 14.7. The highest BCUT2D eigenvalue weighted by Crippen LogP contribution is 2.42. The first kappa shape index (κ1) is 30.4. The van der Waals surface area contributed by atoms with E-state index in [4.69, 9.17) is 21.1 Å². The smallest absolute Gasteiger partial charge is 0.416 e. The molecule has 0 N–H and O–H groups in total. The van der Waals surface area contributed by atoms with Crippen molar-refractivity contribution < 1.29 is 45.0 Å². The standard InChI is InChI=1S/C28H24ClF7N2O3/c1-13(2)20-9-21(23(40-4)10-22(20)30)24-16(7-19(29)11-37-24)12-38-14(3)25(41-26(38)39)15-5-17(27(31,32)33)8-18(6-15)28(34,35)36/h5-11,13-14,25H,12H2,1-4H3/t14-,25-/m0/s1. The van der Waals surface area contributed by atoms with Crippen molar-refractivity contribution in [2.75, 3.05) is 7.11 Å². The van der Waals surface area contributed by atoms with E-state index in [0.717, 1.165) is 4.90 Å². The summed E-state index contributed by atoms with van der Waals surface area (Å²) in [6, 6.07) is 4.37. The number of nitrogens with zero attached hydrogens (tertiary/aromatic N) is 2. The zero-order chi connectivity index (χ0) is 30.4. The van der Waals surface area contributed by atoms with Crippen molar-refractivity contribution in [3.05, 3.63) is 81.3 Å². The van der Waals surface area contributed by atoms with Crippen LogP contribution < -0.4 is 4.74 Å². The number of methoxy groups -OCH3 is 1. The van der Waals surface area contributed by atoms with Gasteiger partial charge in [0.1, 0.15) is 17.7 Å². The largest absolute Gasteiger partial charge is 0.496 e. The molecule has 0 bridgehead atoms. The second kappa shape index (κ2) is 11.0. The summed E-state index contributed by atoms with van der Waals surface area (Å²) < 4.78 is 106. The number of hydrogen-bond donors (Lipinski definition) is 0. The van der Waals surface area contributed by atoms with E-state index in [9.17, 15) is 35.5 Å². The molecule has 3 aromatic rings. The molecule has 0 radical (unpaired) electrons. The Hall–Kier alpha value is -3.54. The molecule has 2 aromatic carbocycles. The molecule has 0 spiro atoms. The molecule has 4 rings (SSSR count). The Morgan fingerprint density at radius 2 is 1.63 bits per heavy atom. The van der Waals surface area contributed by atoms with Gasteiger partial charge in [-0.15, -0.1) is 0 Å².